The van der Waals surface area contributed by atoms with Crippen LogP contribution >= 0.6 is 27.7 Å². The molecular formula is C15H22BrNOS. The maximum atomic E-state index is 5.28. The zero-order chi connectivity index (χ0) is 13.7. The Morgan fingerprint density at radius 2 is 2.21 bits per heavy atom. The van der Waals surface area contributed by atoms with Gasteiger partial charge in [-0.15, -0.1) is 0 Å². The molecule has 1 aromatic rings. The molecule has 106 valence electrons. The SMILES string of the molecule is COc1ccc(CN2CCCC(SC)CC2)cc1Br. The highest BCUT2D eigenvalue weighted by Crippen LogP contribution is 2.27. The minimum atomic E-state index is 0.854. The molecular weight excluding hydrogens is 322 g/mol. The van der Waals surface area contributed by atoms with Crippen LogP contribution in [0.25, 0.3) is 0 Å². The van der Waals surface area contributed by atoms with Crippen molar-refractivity contribution in [1.29, 1.82) is 0 Å². The molecule has 0 aromatic heterocycles. The third-order valence-corrected chi connectivity index (χ3v) is 5.48. The zero-order valence-electron chi connectivity index (χ0n) is 11.7. The number of benzene rings is 1. The second-order valence-corrected chi connectivity index (χ2v) is 7.03. The summed E-state index contributed by atoms with van der Waals surface area (Å²) in [5, 5.41) is 0.854. The van der Waals surface area contributed by atoms with E-state index in [-0.39, 0.29) is 0 Å². The summed E-state index contributed by atoms with van der Waals surface area (Å²) in [6.45, 7) is 3.49. The molecule has 2 nitrogen and oxygen atoms in total. The summed E-state index contributed by atoms with van der Waals surface area (Å²) in [5.41, 5.74) is 1.36. The minimum Gasteiger partial charge on any atom is -0.496 e. The second-order valence-electron chi connectivity index (χ2n) is 5.03. The van der Waals surface area contributed by atoms with Gasteiger partial charge in [0.05, 0.1) is 11.6 Å². The van der Waals surface area contributed by atoms with Gasteiger partial charge in [-0.25, -0.2) is 0 Å². The number of hydrogen-bond acceptors (Lipinski definition) is 3. The Balaban J connectivity index is 1.95. The number of rotatable bonds is 4. The molecule has 1 aliphatic rings. The van der Waals surface area contributed by atoms with Crippen LogP contribution in [0.2, 0.25) is 0 Å². The molecule has 19 heavy (non-hydrogen) atoms. The van der Waals surface area contributed by atoms with Crippen molar-refractivity contribution in [1.82, 2.24) is 4.90 Å². The number of nitrogens with zero attached hydrogens (tertiary/aromatic N) is 1. The molecule has 0 aliphatic carbocycles. The van der Waals surface area contributed by atoms with Gasteiger partial charge in [0.15, 0.2) is 0 Å². The van der Waals surface area contributed by atoms with Crippen LogP contribution in [-0.2, 0) is 6.54 Å². The number of thioether (sulfide) groups is 1. The lowest BCUT2D eigenvalue weighted by Gasteiger charge is -2.20. The Morgan fingerprint density at radius 3 is 2.89 bits per heavy atom. The Bertz CT molecular complexity index is 413. The normalized spacial score (nSPS) is 21.1. The number of methoxy groups -OCH3 is 1. The Labute approximate surface area is 129 Å². The van der Waals surface area contributed by atoms with Crippen LogP contribution in [0.5, 0.6) is 5.75 Å². The first-order chi connectivity index (χ1) is 9.22. The summed E-state index contributed by atoms with van der Waals surface area (Å²) in [6, 6.07) is 6.39. The van der Waals surface area contributed by atoms with Crippen molar-refractivity contribution in [2.75, 3.05) is 26.5 Å². The smallest absolute Gasteiger partial charge is 0.133 e. The first kappa shape index (κ1) is 15.2. The Kier molecular flexibility index (Phi) is 6.05. The third-order valence-electron chi connectivity index (χ3n) is 3.72. The van der Waals surface area contributed by atoms with Crippen LogP contribution in [-0.4, -0.2) is 36.6 Å². The van der Waals surface area contributed by atoms with Crippen LogP contribution in [0, 0.1) is 0 Å². The third kappa shape index (κ3) is 4.40. The van der Waals surface area contributed by atoms with Crippen molar-refractivity contribution in [3.63, 3.8) is 0 Å². The summed E-state index contributed by atoms with van der Waals surface area (Å²) in [4.78, 5) is 2.57. The van der Waals surface area contributed by atoms with Gasteiger partial charge in [-0.05, 0) is 72.2 Å². The maximum absolute atomic E-state index is 5.28. The van der Waals surface area contributed by atoms with E-state index in [0.29, 0.717) is 0 Å². The predicted molar refractivity (Wildman–Crippen MR) is 87.1 cm³/mol. The van der Waals surface area contributed by atoms with Crippen molar-refractivity contribution in [3.8, 4) is 5.75 Å². The van der Waals surface area contributed by atoms with Gasteiger partial charge < -0.3 is 4.74 Å². The summed E-state index contributed by atoms with van der Waals surface area (Å²) < 4.78 is 6.32. The molecule has 1 heterocycles. The topological polar surface area (TPSA) is 12.5 Å². The van der Waals surface area contributed by atoms with Gasteiger partial charge in [-0.2, -0.15) is 11.8 Å². The maximum Gasteiger partial charge on any atom is 0.133 e. The summed E-state index contributed by atoms with van der Waals surface area (Å²) in [5.74, 6) is 0.905. The fourth-order valence-electron chi connectivity index (χ4n) is 2.59. The van der Waals surface area contributed by atoms with E-state index in [1.165, 1.54) is 37.9 Å². The Hall–Kier alpha value is -0.190. The monoisotopic (exact) mass is 343 g/mol. The average Bonchev–Trinajstić information content (AvgIpc) is 2.64. The summed E-state index contributed by atoms with van der Waals surface area (Å²) >= 11 is 5.59. The van der Waals surface area contributed by atoms with Crippen molar-refractivity contribution >= 4 is 27.7 Å². The number of ether oxygens (including phenoxy) is 1. The van der Waals surface area contributed by atoms with Gasteiger partial charge in [0.2, 0.25) is 0 Å². The van der Waals surface area contributed by atoms with Crippen LogP contribution < -0.4 is 4.74 Å². The molecule has 0 saturated carbocycles. The van der Waals surface area contributed by atoms with Crippen LogP contribution in [0.15, 0.2) is 22.7 Å². The van der Waals surface area contributed by atoms with Gasteiger partial charge in [0.1, 0.15) is 5.75 Å². The lowest BCUT2D eigenvalue weighted by molar-refractivity contribution is 0.277. The largest absolute Gasteiger partial charge is 0.496 e. The first-order valence-corrected chi connectivity index (χ1v) is 8.88. The van der Waals surface area contributed by atoms with Crippen LogP contribution in [0.3, 0.4) is 0 Å². The standard InChI is InChI=1S/C15H22BrNOS/c1-18-15-6-5-12(10-14(15)16)11-17-8-3-4-13(19-2)7-9-17/h5-6,10,13H,3-4,7-9,11H2,1-2H3. The molecule has 0 radical (unpaired) electrons. The van der Waals surface area contributed by atoms with E-state index in [1.54, 1.807) is 7.11 Å². The molecule has 1 atom stereocenters. The van der Waals surface area contributed by atoms with E-state index in [4.69, 9.17) is 4.74 Å². The second kappa shape index (κ2) is 7.55. The van der Waals surface area contributed by atoms with E-state index < -0.39 is 0 Å². The highest BCUT2D eigenvalue weighted by molar-refractivity contribution is 9.10. The summed E-state index contributed by atoms with van der Waals surface area (Å²) in [7, 11) is 1.71. The molecule has 2 rings (SSSR count). The van der Waals surface area contributed by atoms with E-state index in [2.05, 4.69) is 39.2 Å². The van der Waals surface area contributed by atoms with E-state index >= 15 is 0 Å². The minimum absolute atomic E-state index is 0.854. The number of hydrogen-bond donors (Lipinski definition) is 0. The molecule has 0 bridgehead atoms. The van der Waals surface area contributed by atoms with E-state index in [0.717, 1.165) is 22.0 Å². The average molecular weight is 344 g/mol. The summed E-state index contributed by atoms with van der Waals surface area (Å²) in [6.07, 6.45) is 6.24. The van der Waals surface area contributed by atoms with Crippen LogP contribution in [0.1, 0.15) is 24.8 Å². The first-order valence-electron chi connectivity index (χ1n) is 6.80. The van der Waals surface area contributed by atoms with Gasteiger partial charge in [0.25, 0.3) is 0 Å². The lowest BCUT2D eigenvalue weighted by Crippen LogP contribution is -2.24. The van der Waals surface area contributed by atoms with Gasteiger partial charge in [-0.1, -0.05) is 6.07 Å². The lowest BCUT2D eigenvalue weighted by atomic mass is 10.2. The quantitative estimate of drug-likeness (QED) is 0.813. The van der Waals surface area contributed by atoms with Crippen molar-refractivity contribution in [2.45, 2.75) is 31.1 Å². The van der Waals surface area contributed by atoms with Gasteiger partial charge in [-0.3, -0.25) is 4.90 Å². The van der Waals surface area contributed by atoms with Crippen LogP contribution in [0.4, 0.5) is 0 Å². The fraction of sp³-hybridized carbons (Fsp3) is 0.600. The number of likely N-dealkylation sites (tertiary alicyclic amines) is 1. The molecule has 1 aromatic carbocycles. The zero-order valence-corrected chi connectivity index (χ0v) is 14.1. The van der Waals surface area contributed by atoms with E-state index in [9.17, 15) is 0 Å². The predicted octanol–water partition coefficient (Wildman–Crippen LogP) is 4.18. The molecule has 1 fully saturated rings. The molecule has 0 spiro atoms. The molecule has 1 unspecified atom stereocenters. The molecule has 1 aliphatic heterocycles. The van der Waals surface area contributed by atoms with Crippen molar-refractivity contribution in [3.05, 3.63) is 28.2 Å². The van der Waals surface area contributed by atoms with Crippen molar-refractivity contribution < 1.29 is 4.74 Å². The molecule has 4 heteroatoms. The molecule has 0 amide bonds. The highest BCUT2D eigenvalue weighted by atomic mass is 79.9. The highest BCUT2D eigenvalue weighted by Gasteiger charge is 2.16. The molecule has 1 saturated heterocycles. The van der Waals surface area contributed by atoms with Gasteiger partial charge in [0, 0.05) is 11.8 Å². The van der Waals surface area contributed by atoms with E-state index in [1.807, 2.05) is 17.8 Å². The fourth-order valence-corrected chi connectivity index (χ4v) is 3.92. The molecule has 0 N–H and O–H groups in total. The van der Waals surface area contributed by atoms with Gasteiger partial charge >= 0.3 is 0 Å². The Morgan fingerprint density at radius 1 is 1.37 bits per heavy atom. The number of halogens is 1. The van der Waals surface area contributed by atoms with Crippen molar-refractivity contribution in [2.24, 2.45) is 0 Å².